The smallest absolute Gasteiger partial charge is 0.191 e. The van der Waals surface area contributed by atoms with Gasteiger partial charge >= 0.3 is 0 Å². The molecule has 0 saturated heterocycles. The summed E-state index contributed by atoms with van der Waals surface area (Å²) in [4.78, 5) is 8.75. The van der Waals surface area contributed by atoms with Crippen molar-refractivity contribution in [1.82, 2.24) is 15.6 Å². The zero-order valence-electron chi connectivity index (χ0n) is 13.8. The van der Waals surface area contributed by atoms with Gasteiger partial charge in [0, 0.05) is 19.3 Å². The number of aromatic nitrogens is 1. The van der Waals surface area contributed by atoms with Crippen LogP contribution in [0.3, 0.4) is 0 Å². The summed E-state index contributed by atoms with van der Waals surface area (Å²) >= 11 is 0. The second kappa shape index (κ2) is 10.2. The van der Waals surface area contributed by atoms with Crippen LogP contribution in [0.2, 0.25) is 0 Å². The van der Waals surface area contributed by atoms with Crippen molar-refractivity contribution in [3.05, 3.63) is 60.2 Å². The van der Waals surface area contributed by atoms with Gasteiger partial charge in [-0.25, -0.2) is 9.38 Å². The highest BCUT2D eigenvalue weighted by atomic mass is 19.1. The van der Waals surface area contributed by atoms with E-state index in [0.717, 1.165) is 31.2 Å². The number of hydrogen-bond acceptors (Lipinski definition) is 3. The van der Waals surface area contributed by atoms with Crippen molar-refractivity contribution in [2.75, 3.05) is 19.7 Å². The third-order valence-electron chi connectivity index (χ3n) is 3.17. The molecule has 2 aromatic rings. The summed E-state index contributed by atoms with van der Waals surface area (Å²) in [5.74, 6) is 1.17. The molecular weight excluding hydrogens is 307 g/mol. The van der Waals surface area contributed by atoms with Crippen molar-refractivity contribution >= 4 is 5.96 Å². The number of hydrogen-bond donors (Lipinski definition) is 2. The highest BCUT2D eigenvalue weighted by molar-refractivity contribution is 5.79. The highest BCUT2D eigenvalue weighted by Crippen LogP contribution is 2.10. The normalized spacial score (nSPS) is 11.2. The zero-order chi connectivity index (χ0) is 17.0. The van der Waals surface area contributed by atoms with E-state index in [9.17, 15) is 4.39 Å². The van der Waals surface area contributed by atoms with Gasteiger partial charge in [0.25, 0.3) is 0 Å². The molecule has 0 radical (unpaired) electrons. The Labute approximate surface area is 142 Å². The van der Waals surface area contributed by atoms with Crippen LogP contribution in [-0.2, 0) is 6.54 Å². The molecule has 0 aliphatic heterocycles. The fourth-order valence-corrected chi connectivity index (χ4v) is 1.99. The Hall–Kier alpha value is -2.63. The van der Waals surface area contributed by atoms with Crippen molar-refractivity contribution in [1.29, 1.82) is 0 Å². The van der Waals surface area contributed by atoms with Gasteiger partial charge in [-0.15, -0.1) is 0 Å². The van der Waals surface area contributed by atoms with Crippen molar-refractivity contribution in [3.8, 4) is 5.75 Å². The predicted molar refractivity (Wildman–Crippen MR) is 93.6 cm³/mol. The molecule has 0 atom stereocenters. The minimum absolute atomic E-state index is 0.261. The maximum Gasteiger partial charge on any atom is 0.191 e. The number of nitrogens with zero attached hydrogens (tertiary/aromatic N) is 2. The average Bonchev–Trinajstić information content (AvgIpc) is 2.62. The molecule has 0 fully saturated rings. The molecule has 0 aliphatic rings. The Morgan fingerprint density at radius 1 is 1.17 bits per heavy atom. The average molecular weight is 330 g/mol. The predicted octanol–water partition coefficient (Wildman–Crippen LogP) is 2.74. The van der Waals surface area contributed by atoms with Gasteiger partial charge in [-0.3, -0.25) is 4.98 Å². The van der Waals surface area contributed by atoms with E-state index >= 15 is 0 Å². The van der Waals surface area contributed by atoms with E-state index in [0.29, 0.717) is 18.9 Å². The van der Waals surface area contributed by atoms with Crippen LogP contribution >= 0.6 is 0 Å². The molecule has 0 bridgehead atoms. The SMILES string of the molecule is CCNC(=NCc1ccccn1)NCCCOc1ccc(F)cc1. The van der Waals surface area contributed by atoms with Gasteiger partial charge in [-0.2, -0.15) is 0 Å². The number of aliphatic imine (C=N–C) groups is 1. The standard InChI is InChI=1S/C18H23FN4O/c1-2-20-18(23-14-16-6-3-4-11-21-16)22-12-5-13-24-17-9-7-15(19)8-10-17/h3-4,6-11H,2,5,12-14H2,1H3,(H2,20,22,23). The Balaban J connectivity index is 1.70. The van der Waals surface area contributed by atoms with Crippen LogP contribution in [-0.4, -0.2) is 30.6 Å². The first-order valence-electron chi connectivity index (χ1n) is 8.08. The lowest BCUT2D eigenvalue weighted by Crippen LogP contribution is -2.38. The van der Waals surface area contributed by atoms with Crippen molar-refractivity contribution in [2.24, 2.45) is 4.99 Å². The lowest BCUT2D eigenvalue weighted by atomic mass is 10.3. The summed E-state index contributed by atoms with van der Waals surface area (Å²) in [7, 11) is 0. The van der Waals surface area contributed by atoms with Crippen LogP contribution < -0.4 is 15.4 Å². The summed E-state index contributed by atoms with van der Waals surface area (Å²) in [5.41, 5.74) is 0.925. The van der Waals surface area contributed by atoms with Crippen LogP contribution in [0.5, 0.6) is 5.75 Å². The number of ether oxygens (including phenoxy) is 1. The summed E-state index contributed by atoms with van der Waals surface area (Å²) < 4.78 is 18.4. The largest absolute Gasteiger partial charge is 0.494 e. The molecule has 0 spiro atoms. The quantitative estimate of drug-likeness (QED) is 0.444. The first-order chi connectivity index (χ1) is 11.8. The van der Waals surface area contributed by atoms with E-state index in [1.165, 1.54) is 12.1 Å². The first-order valence-corrected chi connectivity index (χ1v) is 8.08. The molecular formula is C18H23FN4O. The van der Waals surface area contributed by atoms with Crippen molar-refractivity contribution in [2.45, 2.75) is 19.9 Å². The number of pyridine rings is 1. The zero-order valence-corrected chi connectivity index (χ0v) is 13.8. The maximum absolute atomic E-state index is 12.8. The van der Waals surface area contributed by atoms with Crippen LogP contribution in [0.4, 0.5) is 4.39 Å². The third kappa shape index (κ3) is 6.64. The van der Waals surface area contributed by atoms with Gasteiger partial charge in [-0.05, 0) is 49.7 Å². The monoisotopic (exact) mass is 330 g/mol. The van der Waals surface area contributed by atoms with E-state index in [1.807, 2.05) is 25.1 Å². The molecule has 0 aliphatic carbocycles. The molecule has 2 N–H and O–H groups in total. The van der Waals surface area contributed by atoms with Crippen LogP contribution in [0.25, 0.3) is 0 Å². The molecule has 0 unspecified atom stereocenters. The van der Waals surface area contributed by atoms with Crippen LogP contribution in [0.1, 0.15) is 19.0 Å². The Morgan fingerprint density at radius 3 is 2.71 bits per heavy atom. The molecule has 1 heterocycles. The van der Waals surface area contributed by atoms with Gasteiger partial charge in [0.1, 0.15) is 11.6 Å². The van der Waals surface area contributed by atoms with E-state index in [2.05, 4.69) is 20.6 Å². The number of halogens is 1. The van der Waals surface area contributed by atoms with E-state index in [4.69, 9.17) is 4.74 Å². The van der Waals surface area contributed by atoms with Crippen molar-refractivity contribution in [3.63, 3.8) is 0 Å². The topological polar surface area (TPSA) is 58.5 Å². The highest BCUT2D eigenvalue weighted by Gasteiger charge is 1.99. The Morgan fingerprint density at radius 2 is 2.00 bits per heavy atom. The Kier molecular flexibility index (Phi) is 7.53. The van der Waals surface area contributed by atoms with E-state index < -0.39 is 0 Å². The summed E-state index contributed by atoms with van der Waals surface area (Å²) in [6.07, 6.45) is 2.57. The molecule has 6 heteroatoms. The van der Waals surface area contributed by atoms with Gasteiger partial charge < -0.3 is 15.4 Å². The van der Waals surface area contributed by atoms with Gasteiger partial charge in [0.2, 0.25) is 0 Å². The first kappa shape index (κ1) is 17.7. The number of rotatable bonds is 8. The van der Waals surface area contributed by atoms with Gasteiger partial charge in [-0.1, -0.05) is 6.07 Å². The van der Waals surface area contributed by atoms with Crippen LogP contribution in [0.15, 0.2) is 53.7 Å². The second-order valence-electron chi connectivity index (χ2n) is 5.10. The number of nitrogens with one attached hydrogen (secondary N) is 2. The summed E-state index contributed by atoms with van der Waals surface area (Å²) in [6, 6.07) is 11.8. The fraction of sp³-hybridized carbons (Fsp3) is 0.333. The molecule has 1 aromatic heterocycles. The van der Waals surface area contributed by atoms with Gasteiger partial charge in [0.15, 0.2) is 5.96 Å². The lowest BCUT2D eigenvalue weighted by molar-refractivity contribution is 0.310. The summed E-state index contributed by atoms with van der Waals surface area (Å²) in [6.45, 7) is 4.63. The lowest BCUT2D eigenvalue weighted by Gasteiger charge is -2.11. The number of guanidine groups is 1. The molecule has 1 aromatic carbocycles. The van der Waals surface area contributed by atoms with Crippen LogP contribution in [0, 0.1) is 5.82 Å². The molecule has 128 valence electrons. The van der Waals surface area contributed by atoms with Crippen molar-refractivity contribution < 1.29 is 9.13 Å². The maximum atomic E-state index is 12.8. The fourth-order valence-electron chi connectivity index (χ4n) is 1.99. The third-order valence-corrected chi connectivity index (χ3v) is 3.17. The second-order valence-corrected chi connectivity index (χ2v) is 5.10. The van der Waals surface area contributed by atoms with E-state index in [1.54, 1.807) is 18.3 Å². The molecule has 5 nitrogen and oxygen atoms in total. The Bertz CT molecular complexity index is 617. The summed E-state index contributed by atoms with van der Waals surface area (Å²) in [5, 5.41) is 6.45. The van der Waals surface area contributed by atoms with E-state index in [-0.39, 0.29) is 5.82 Å². The molecule has 0 saturated carbocycles. The molecule has 0 amide bonds. The minimum Gasteiger partial charge on any atom is -0.494 e. The number of benzene rings is 1. The molecule has 2 rings (SSSR count). The molecule has 24 heavy (non-hydrogen) atoms. The van der Waals surface area contributed by atoms with Gasteiger partial charge in [0.05, 0.1) is 18.8 Å². The minimum atomic E-state index is -0.261.